The van der Waals surface area contributed by atoms with Gasteiger partial charge in [-0.1, -0.05) is 18.2 Å². The van der Waals surface area contributed by atoms with Gasteiger partial charge in [-0.25, -0.2) is 4.98 Å². The fourth-order valence-electron chi connectivity index (χ4n) is 2.26. The Morgan fingerprint density at radius 2 is 2.15 bits per heavy atom. The van der Waals surface area contributed by atoms with Crippen molar-refractivity contribution in [2.45, 2.75) is 6.54 Å². The van der Waals surface area contributed by atoms with Crippen molar-refractivity contribution in [3.63, 3.8) is 0 Å². The Kier molecular flexibility index (Phi) is 3.32. The van der Waals surface area contributed by atoms with Gasteiger partial charge in [-0.05, 0) is 6.07 Å². The van der Waals surface area contributed by atoms with Gasteiger partial charge in [0.05, 0.1) is 34.5 Å². The lowest BCUT2D eigenvalue weighted by Gasteiger charge is -2.21. The van der Waals surface area contributed by atoms with Gasteiger partial charge in [-0.2, -0.15) is 5.26 Å². The van der Waals surface area contributed by atoms with Crippen LogP contribution in [0.1, 0.15) is 11.3 Å². The Bertz CT molecular complexity index is 774. The maximum atomic E-state index is 9.32. The average molecular weight is 280 g/mol. The van der Waals surface area contributed by atoms with Gasteiger partial charge in [0, 0.05) is 24.0 Å². The molecule has 3 rings (SSSR count). The fraction of sp³-hybridized carbons (Fsp3) is 0.133. The minimum atomic E-state index is 0.585. The molecule has 0 saturated heterocycles. The molecule has 4 nitrogen and oxygen atoms in total. The second kappa shape index (κ2) is 5.27. The molecular weight excluding hydrogens is 268 g/mol. The van der Waals surface area contributed by atoms with E-state index in [0.29, 0.717) is 12.1 Å². The lowest BCUT2D eigenvalue weighted by Crippen LogP contribution is -2.18. The van der Waals surface area contributed by atoms with Crippen molar-refractivity contribution in [3.05, 3.63) is 52.6 Å². The third-order valence-corrected chi connectivity index (χ3v) is 3.77. The second-order valence-electron chi connectivity index (χ2n) is 4.49. The van der Waals surface area contributed by atoms with E-state index < -0.39 is 0 Å². The van der Waals surface area contributed by atoms with Gasteiger partial charge < -0.3 is 4.90 Å². The lowest BCUT2D eigenvalue weighted by molar-refractivity contribution is 0.896. The van der Waals surface area contributed by atoms with Crippen LogP contribution in [0.3, 0.4) is 0 Å². The summed E-state index contributed by atoms with van der Waals surface area (Å²) in [6, 6.07) is 10.1. The van der Waals surface area contributed by atoms with Gasteiger partial charge in [0.15, 0.2) is 0 Å². The van der Waals surface area contributed by atoms with E-state index in [1.165, 1.54) is 0 Å². The number of thiazole rings is 1. The number of anilines is 1. The van der Waals surface area contributed by atoms with Crippen LogP contribution in [-0.2, 0) is 6.54 Å². The summed E-state index contributed by atoms with van der Waals surface area (Å²) in [7, 11) is 1.97. The highest BCUT2D eigenvalue weighted by atomic mass is 32.1. The van der Waals surface area contributed by atoms with E-state index in [-0.39, 0.29) is 0 Å². The summed E-state index contributed by atoms with van der Waals surface area (Å²) in [4.78, 5) is 10.7. The van der Waals surface area contributed by atoms with Gasteiger partial charge >= 0.3 is 0 Å². The van der Waals surface area contributed by atoms with Crippen LogP contribution in [0, 0.1) is 11.3 Å². The smallest absolute Gasteiger partial charge is 0.103 e. The quantitative estimate of drug-likeness (QED) is 0.739. The number of benzene rings is 1. The first kappa shape index (κ1) is 12.6. The van der Waals surface area contributed by atoms with Crippen molar-refractivity contribution < 1.29 is 0 Å². The number of hydrogen-bond acceptors (Lipinski definition) is 5. The Labute approximate surface area is 120 Å². The molecule has 3 aromatic rings. The van der Waals surface area contributed by atoms with Gasteiger partial charge in [0.25, 0.3) is 0 Å². The molecule has 0 spiro atoms. The van der Waals surface area contributed by atoms with Gasteiger partial charge in [0.1, 0.15) is 6.07 Å². The number of pyridine rings is 1. The zero-order valence-corrected chi connectivity index (χ0v) is 11.8. The number of aromatic nitrogens is 2. The zero-order valence-electron chi connectivity index (χ0n) is 10.9. The average Bonchev–Trinajstić information content (AvgIpc) is 2.98. The van der Waals surface area contributed by atoms with Gasteiger partial charge in [-0.3, -0.25) is 4.98 Å². The van der Waals surface area contributed by atoms with Crippen LogP contribution in [0.5, 0.6) is 0 Å². The third-order valence-electron chi connectivity index (χ3n) is 3.13. The number of nitriles is 1. The number of hydrogen-bond donors (Lipinski definition) is 0. The van der Waals surface area contributed by atoms with Crippen molar-refractivity contribution in [2.75, 3.05) is 11.9 Å². The molecule has 0 atom stereocenters. The molecule has 0 fully saturated rings. The highest BCUT2D eigenvalue weighted by Gasteiger charge is 2.13. The van der Waals surface area contributed by atoms with Crippen LogP contribution in [-0.4, -0.2) is 17.0 Å². The molecule has 0 bridgehead atoms. The van der Waals surface area contributed by atoms with Crippen LogP contribution in [0.4, 0.5) is 5.69 Å². The molecule has 0 amide bonds. The second-order valence-corrected chi connectivity index (χ2v) is 5.20. The molecule has 0 N–H and O–H groups in total. The predicted octanol–water partition coefficient (Wildman–Crippen LogP) is 3.20. The molecule has 0 radical (unpaired) electrons. The van der Waals surface area contributed by atoms with E-state index >= 15 is 0 Å². The molecule has 0 aliphatic carbocycles. The molecule has 20 heavy (non-hydrogen) atoms. The summed E-state index contributed by atoms with van der Waals surface area (Å²) in [6.45, 7) is 0.673. The summed E-state index contributed by atoms with van der Waals surface area (Å²) >= 11 is 1.58. The highest BCUT2D eigenvalue weighted by Crippen LogP contribution is 2.29. The standard InChI is InChI=1S/C15H12N4S/c1-19(8-12-9-20-10-18-12)15-11(6-16)7-17-14-5-3-2-4-13(14)15/h2-5,7,9-10H,8H2,1H3. The van der Waals surface area contributed by atoms with E-state index in [1.54, 1.807) is 17.5 Å². The van der Waals surface area contributed by atoms with Crippen molar-refractivity contribution in [1.29, 1.82) is 5.26 Å². The molecule has 2 heterocycles. The first-order valence-corrected chi connectivity index (χ1v) is 7.10. The SMILES string of the molecule is CN(Cc1cscn1)c1c(C#N)cnc2ccccc12. The van der Waals surface area contributed by atoms with Crippen LogP contribution < -0.4 is 4.90 Å². The Morgan fingerprint density at radius 1 is 1.30 bits per heavy atom. The van der Waals surface area contributed by atoms with Crippen LogP contribution in [0.15, 0.2) is 41.4 Å². The van der Waals surface area contributed by atoms with E-state index in [2.05, 4.69) is 20.9 Å². The normalized spacial score (nSPS) is 10.4. The monoisotopic (exact) mass is 280 g/mol. The predicted molar refractivity (Wildman–Crippen MR) is 80.7 cm³/mol. The summed E-state index contributed by atoms with van der Waals surface area (Å²) in [6.07, 6.45) is 1.63. The van der Waals surface area contributed by atoms with Crippen molar-refractivity contribution in [2.24, 2.45) is 0 Å². The lowest BCUT2D eigenvalue weighted by atomic mass is 10.1. The number of fused-ring (bicyclic) bond motifs is 1. The summed E-state index contributed by atoms with van der Waals surface area (Å²) in [5.41, 5.74) is 5.21. The summed E-state index contributed by atoms with van der Waals surface area (Å²) in [5, 5.41) is 12.3. The van der Waals surface area contributed by atoms with E-state index in [1.807, 2.05) is 42.2 Å². The van der Waals surface area contributed by atoms with E-state index in [0.717, 1.165) is 22.3 Å². The topological polar surface area (TPSA) is 52.8 Å². The zero-order chi connectivity index (χ0) is 13.9. The molecule has 0 unspecified atom stereocenters. The number of rotatable bonds is 3. The fourth-order valence-corrected chi connectivity index (χ4v) is 2.81. The maximum absolute atomic E-state index is 9.32. The Balaban J connectivity index is 2.11. The summed E-state index contributed by atoms with van der Waals surface area (Å²) in [5.74, 6) is 0. The largest absolute Gasteiger partial charge is 0.367 e. The van der Waals surface area contributed by atoms with Crippen molar-refractivity contribution >= 4 is 27.9 Å². The minimum Gasteiger partial charge on any atom is -0.367 e. The Hall–Kier alpha value is -2.45. The molecule has 0 aliphatic heterocycles. The number of para-hydroxylation sites is 1. The van der Waals surface area contributed by atoms with Crippen LogP contribution in [0.2, 0.25) is 0 Å². The van der Waals surface area contributed by atoms with Crippen LogP contribution in [0.25, 0.3) is 10.9 Å². The highest BCUT2D eigenvalue weighted by molar-refractivity contribution is 7.07. The maximum Gasteiger partial charge on any atom is 0.103 e. The summed E-state index contributed by atoms with van der Waals surface area (Å²) < 4.78 is 0. The molecule has 2 aromatic heterocycles. The third kappa shape index (κ3) is 2.22. The Morgan fingerprint density at radius 3 is 2.90 bits per heavy atom. The molecule has 5 heteroatoms. The molecule has 0 aliphatic rings. The van der Waals surface area contributed by atoms with Gasteiger partial charge in [0.2, 0.25) is 0 Å². The molecule has 1 aromatic carbocycles. The minimum absolute atomic E-state index is 0.585. The molecular formula is C15H12N4S. The van der Waals surface area contributed by atoms with Crippen molar-refractivity contribution in [3.8, 4) is 6.07 Å². The molecule has 0 saturated carbocycles. The first-order chi connectivity index (χ1) is 9.79. The van der Waals surface area contributed by atoms with E-state index in [9.17, 15) is 5.26 Å². The van der Waals surface area contributed by atoms with E-state index in [4.69, 9.17) is 0 Å². The molecule has 98 valence electrons. The number of nitrogens with zero attached hydrogens (tertiary/aromatic N) is 4. The van der Waals surface area contributed by atoms with Crippen LogP contribution >= 0.6 is 11.3 Å². The van der Waals surface area contributed by atoms with Gasteiger partial charge in [-0.15, -0.1) is 11.3 Å². The first-order valence-electron chi connectivity index (χ1n) is 6.15. The van der Waals surface area contributed by atoms with Crippen molar-refractivity contribution in [1.82, 2.24) is 9.97 Å².